The van der Waals surface area contributed by atoms with Crippen molar-refractivity contribution in [3.63, 3.8) is 0 Å². The van der Waals surface area contributed by atoms with Crippen LogP contribution < -0.4 is 5.32 Å². The lowest BCUT2D eigenvalue weighted by atomic mass is 10.3. The van der Waals surface area contributed by atoms with Crippen LogP contribution in [-0.4, -0.2) is 68.1 Å². The van der Waals surface area contributed by atoms with E-state index in [0.717, 1.165) is 12.8 Å². The van der Waals surface area contributed by atoms with Crippen LogP contribution in [-0.2, 0) is 14.3 Å². The number of aliphatic carboxylic acids is 1. The molecule has 2 amide bonds. The molecule has 1 saturated carbocycles. The van der Waals surface area contributed by atoms with Crippen molar-refractivity contribution in [3.05, 3.63) is 0 Å². The minimum Gasteiger partial charge on any atom is -0.481 e. The van der Waals surface area contributed by atoms with E-state index < -0.39 is 5.97 Å². The fourth-order valence-electron chi connectivity index (χ4n) is 1.75. The number of ether oxygens (including phenoxy) is 2. The van der Waals surface area contributed by atoms with Gasteiger partial charge in [0, 0.05) is 33.4 Å². The van der Waals surface area contributed by atoms with Crippen LogP contribution >= 0.6 is 0 Å². The molecular weight excluding hydrogens is 252 g/mol. The minimum absolute atomic E-state index is 0.0320. The molecule has 7 heteroatoms. The van der Waals surface area contributed by atoms with Gasteiger partial charge >= 0.3 is 12.0 Å². The molecule has 0 heterocycles. The molecule has 1 unspecified atom stereocenters. The third kappa shape index (κ3) is 5.89. The van der Waals surface area contributed by atoms with Gasteiger partial charge in [0.1, 0.15) is 0 Å². The normalized spacial score (nSPS) is 15.9. The Kier molecular flexibility index (Phi) is 6.58. The Labute approximate surface area is 112 Å². The van der Waals surface area contributed by atoms with Gasteiger partial charge in [-0.05, 0) is 12.8 Å². The zero-order valence-corrected chi connectivity index (χ0v) is 11.4. The molecule has 1 aliphatic carbocycles. The molecule has 7 nitrogen and oxygen atoms in total. The number of hydrogen-bond acceptors (Lipinski definition) is 4. The summed E-state index contributed by atoms with van der Waals surface area (Å²) >= 11 is 0. The predicted molar refractivity (Wildman–Crippen MR) is 68.1 cm³/mol. The number of nitrogens with zero attached hydrogens (tertiary/aromatic N) is 1. The number of hydrogen-bond donors (Lipinski definition) is 2. The number of carbonyl (C=O) groups is 2. The first-order chi connectivity index (χ1) is 9.08. The first kappa shape index (κ1) is 15.7. The van der Waals surface area contributed by atoms with Crippen molar-refractivity contribution in [2.45, 2.75) is 31.4 Å². The average molecular weight is 274 g/mol. The van der Waals surface area contributed by atoms with Crippen molar-refractivity contribution in [1.82, 2.24) is 10.2 Å². The number of urea groups is 1. The van der Waals surface area contributed by atoms with E-state index in [1.54, 1.807) is 19.1 Å². The van der Waals surface area contributed by atoms with Gasteiger partial charge in [-0.1, -0.05) is 0 Å². The number of carboxylic acids is 1. The molecule has 1 rings (SSSR count). The van der Waals surface area contributed by atoms with Gasteiger partial charge in [-0.25, -0.2) is 4.79 Å². The number of nitrogens with one attached hydrogen (secondary N) is 1. The van der Waals surface area contributed by atoms with Crippen LogP contribution in [0.5, 0.6) is 0 Å². The largest absolute Gasteiger partial charge is 0.481 e. The molecule has 0 saturated heterocycles. The van der Waals surface area contributed by atoms with Gasteiger partial charge in [-0.2, -0.15) is 0 Å². The highest BCUT2D eigenvalue weighted by Crippen LogP contribution is 2.26. The maximum absolute atomic E-state index is 12.0. The number of carbonyl (C=O) groups excluding carboxylic acids is 1. The zero-order chi connectivity index (χ0) is 14.3. The molecule has 110 valence electrons. The molecule has 0 aromatic rings. The Morgan fingerprint density at radius 3 is 2.58 bits per heavy atom. The standard InChI is InChI=1S/C12H22N2O5/c1-18-8-10(19-2)7-13-12(17)14(9-3-4-9)6-5-11(15)16/h9-10H,3-8H2,1-2H3,(H,13,17)(H,15,16). The topological polar surface area (TPSA) is 88.1 Å². The highest BCUT2D eigenvalue weighted by Gasteiger charge is 2.32. The van der Waals surface area contributed by atoms with Crippen molar-refractivity contribution in [1.29, 1.82) is 0 Å². The van der Waals surface area contributed by atoms with Crippen molar-refractivity contribution in [2.75, 3.05) is 33.9 Å². The molecule has 1 atom stereocenters. The van der Waals surface area contributed by atoms with Crippen LogP contribution in [0.1, 0.15) is 19.3 Å². The molecule has 0 bridgehead atoms. The van der Waals surface area contributed by atoms with E-state index in [1.165, 1.54) is 0 Å². The lowest BCUT2D eigenvalue weighted by Gasteiger charge is -2.23. The second-order valence-electron chi connectivity index (χ2n) is 4.57. The molecule has 0 radical (unpaired) electrons. The fourth-order valence-corrected chi connectivity index (χ4v) is 1.75. The first-order valence-electron chi connectivity index (χ1n) is 6.36. The molecule has 19 heavy (non-hydrogen) atoms. The summed E-state index contributed by atoms with van der Waals surface area (Å²) in [6, 6.07) is -0.0512. The quantitative estimate of drug-likeness (QED) is 0.631. The third-order valence-electron chi connectivity index (χ3n) is 2.98. The van der Waals surface area contributed by atoms with E-state index in [-0.39, 0.29) is 31.1 Å². The molecule has 0 aromatic carbocycles. The monoisotopic (exact) mass is 274 g/mol. The summed E-state index contributed by atoms with van der Waals surface area (Å²) in [4.78, 5) is 24.2. The summed E-state index contributed by atoms with van der Waals surface area (Å²) in [6.45, 7) is 0.989. The Hall–Kier alpha value is -1.34. The third-order valence-corrected chi connectivity index (χ3v) is 2.98. The van der Waals surface area contributed by atoms with Crippen molar-refractivity contribution in [3.8, 4) is 0 Å². The van der Waals surface area contributed by atoms with E-state index in [2.05, 4.69) is 5.32 Å². The van der Waals surface area contributed by atoms with E-state index in [1.807, 2.05) is 0 Å². The predicted octanol–water partition coefficient (Wildman–Crippen LogP) is 0.297. The average Bonchev–Trinajstić information content (AvgIpc) is 3.18. The summed E-state index contributed by atoms with van der Waals surface area (Å²) in [6.07, 6.45) is 1.65. The number of amides is 2. The second-order valence-corrected chi connectivity index (χ2v) is 4.57. The van der Waals surface area contributed by atoms with Crippen LogP contribution in [0.2, 0.25) is 0 Å². The molecule has 0 spiro atoms. The highest BCUT2D eigenvalue weighted by atomic mass is 16.5. The minimum atomic E-state index is -0.896. The lowest BCUT2D eigenvalue weighted by molar-refractivity contribution is -0.137. The Bertz CT molecular complexity index is 306. The number of rotatable bonds is 9. The SMILES string of the molecule is COCC(CNC(=O)N(CCC(=O)O)C1CC1)OC. The van der Waals surface area contributed by atoms with Crippen LogP contribution in [0.25, 0.3) is 0 Å². The van der Waals surface area contributed by atoms with Gasteiger partial charge in [0.15, 0.2) is 0 Å². The van der Waals surface area contributed by atoms with Gasteiger partial charge in [0.05, 0.1) is 19.1 Å². The number of methoxy groups -OCH3 is 2. The lowest BCUT2D eigenvalue weighted by Crippen LogP contribution is -2.45. The number of carboxylic acid groups (broad SMARTS) is 1. The Morgan fingerprint density at radius 2 is 2.11 bits per heavy atom. The summed E-state index contributed by atoms with van der Waals surface area (Å²) in [5.74, 6) is -0.896. The molecular formula is C12H22N2O5. The van der Waals surface area contributed by atoms with Gasteiger partial charge in [0.2, 0.25) is 0 Å². The molecule has 1 fully saturated rings. The van der Waals surface area contributed by atoms with Gasteiger partial charge < -0.3 is 24.8 Å². The molecule has 0 aromatic heterocycles. The van der Waals surface area contributed by atoms with E-state index >= 15 is 0 Å². The summed E-state index contributed by atoms with van der Waals surface area (Å²) in [5.41, 5.74) is 0. The smallest absolute Gasteiger partial charge is 0.317 e. The summed E-state index contributed by atoms with van der Waals surface area (Å²) in [5, 5.41) is 11.4. The van der Waals surface area contributed by atoms with E-state index in [4.69, 9.17) is 14.6 Å². The fraction of sp³-hybridized carbons (Fsp3) is 0.833. The van der Waals surface area contributed by atoms with Gasteiger partial charge in [-0.15, -0.1) is 0 Å². The second kappa shape index (κ2) is 7.96. The Morgan fingerprint density at radius 1 is 1.42 bits per heavy atom. The molecule has 1 aliphatic rings. The maximum Gasteiger partial charge on any atom is 0.317 e. The summed E-state index contributed by atoms with van der Waals surface area (Å²) < 4.78 is 10.1. The van der Waals surface area contributed by atoms with E-state index in [9.17, 15) is 9.59 Å². The molecule has 2 N–H and O–H groups in total. The van der Waals surface area contributed by atoms with Crippen LogP contribution in [0, 0.1) is 0 Å². The zero-order valence-electron chi connectivity index (χ0n) is 11.4. The summed E-state index contributed by atoms with van der Waals surface area (Å²) in [7, 11) is 3.12. The van der Waals surface area contributed by atoms with Crippen molar-refractivity contribution in [2.24, 2.45) is 0 Å². The van der Waals surface area contributed by atoms with Crippen LogP contribution in [0.4, 0.5) is 4.79 Å². The van der Waals surface area contributed by atoms with E-state index in [0.29, 0.717) is 13.2 Å². The molecule has 0 aliphatic heterocycles. The van der Waals surface area contributed by atoms with Gasteiger partial charge in [-0.3, -0.25) is 4.79 Å². The maximum atomic E-state index is 12.0. The van der Waals surface area contributed by atoms with Gasteiger partial charge in [0.25, 0.3) is 0 Å². The van der Waals surface area contributed by atoms with Crippen molar-refractivity contribution >= 4 is 12.0 Å². The first-order valence-corrected chi connectivity index (χ1v) is 6.36. The highest BCUT2D eigenvalue weighted by molar-refractivity contribution is 5.76. The van der Waals surface area contributed by atoms with Crippen LogP contribution in [0.15, 0.2) is 0 Å². The van der Waals surface area contributed by atoms with Crippen LogP contribution in [0.3, 0.4) is 0 Å². The Balaban J connectivity index is 2.36. The van der Waals surface area contributed by atoms with Crippen molar-refractivity contribution < 1.29 is 24.2 Å².